The minimum absolute atomic E-state index is 0.0489. The molecule has 2 nitrogen and oxygen atoms in total. The van der Waals surface area contributed by atoms with E-state index in [0.29, 0.717) is 6.54 Å². The summed E-state index contributed by atoms with van der Waals surface area (Å²) in [6, 6.07) is 14.5. The van der Waals surface area contributed by atoms with E-state index in [1.54, 1.807) is 12.1 Å². The van der Waals surface area contributed by atoms with Crippen molar-refractivity contribution in [3.63, 3.8) is 0 Å². The molecule has 0 bridgehead atoms. The molecule has 0 spiro atoms. The van der Waals surface area contributed by atoms with Crippen LogP contribution in [0.4, 0.5) is 4.39 Å². The third-order valence-corrected chi connectivity index (χ3v) is 3.14. The molecule has 0 saturated heterocycles. The van der Waals surface area contributed by atoms with Crippen molar-refractivity contribution in [1.29, 1.82) is 0 Å². The summed E-state index contributed by atoms with van der Waals surface area (Å²) in [5.74, 6) is -0.214. The van der Waals surface area contributed by atoms with Gasteiger partial charge in [-0.2, -0.15) is 0 Å². The van der Waals surface area contributed by atoms with Crippen molar-refractivity contribution < 1.29 is 9.50 Å². The molecule has 2 aromatic carbocycles. The predicted molar refractivity (Wildman–Crippen MR) is 74.0 cm³/mol. The van der Waals surface area contributed by atoms with Gasteiger partial charge in [0.05, 0.1) is 6.61 Å². The standard InChI is InChI=1S/C16H18FNO/c1-12(15-6-3-7-16(17)9-15)18-10-13-4-2-5-14(8-13)11-19/h2-9,12,18-19H,10-11H2,1H3. The molecule has 1 atom stereocenters. The van der Waals surface area contributed by atoms with Gasteiger partial charge in [-0.05, 0) is 35.7 Å². The third kappa shape index (κ3) is 3.88. The average molecular weight is 259 g/mol. The van der Waals surface area contributed by atoms with Crippen LogP contribution in [0.1, 0.15) is 29.7 Å². The van der Waals surface area contributed by atoms with Crippen molar-refractivity contribution in [3.8, 4) is 0 Å². The fourth-order valence-electron chi connectivity index (χ4n) is 2.00. The van der Waals surface area contributed by atoms with Gasteiger partial charge >= 0.3 is 0 Å². The zero-order valence-electron chi connectivity index (χ0n) is 10.9. The first-order valence-corrected chi connectivity index (χ1v) is 6.36. The maximum atomic E-state index is 13.1. The van der Waals surface area contributed by atoms with E-state index in [0.717, 1.165) is 16.7 Å². The smallest absolute Gasteiger partial charge is 0.123 e. The Morgan fingerprint density at radius 3 is 2.58 bits per heavy atom. The van der Waals surface area contributed by atoms with Crippen molar-refractivity contribution in [1.82, 2.24) is 5.32 Å². The Bertz CT molecular complexity index is 542. The second kappa shape index (κ2) is 6.45. The summed E-state index contributed by atoms with van der Waals surface area (Å²) in [6.07, 6.45) is 0. The van der Waals surface area contributed by atoms with E-state index in [1.165, 1.54) is 6.07 Å². The van der Waals surface area contributed by atoms with Gasteiger partial charge in [-0.3, -0.25) is 0 Å². The molecule has 0 fully saturated rings. The number of hydrogen-bond acceptors (Lipinski definition) is 2. The molecular formula is C16H18FNO. The van der Waals surface area contributed by atoms with Crippen LogP contribution in [0.15, 0.2) is 48.5 Å². The van der Waals surface area contributed by atoms with E-state index in [4.69, 9.17) is 5.11 Å². The van der Waals surface area contributed by atoms with E-state index in [9.17, 15) is 4.39 Å². The van der Waals surface area contributed by atoms with Gasteiger partial charge in [-0.15, -0.1) is 0 Å². The summed E-state index contributed by atoms with van der Waals surface area (Å²) in [6.45, 7) is 2.74. The molecule has 2 N–H and O–H groups in total. The van der Waals surface area contributed by atoms with Crippen LogP contribution in [0.2, 0.25) is 0 Å². The molecule has 2 aromatic rings. The van der Waals surface area contributed by atoms with E-state index >= 15 is 0 Å². The monoisotopic (exact) mass is 259 g/mol. The highest BCUT2D eigenvalue weighted by molar-refractivity contribution is 5.24. The van der Waals surface area contributed by atoms with Crippen molar-refractivity contribution >= 4 is 0 Å². The fourth-order valence-corrected chi connectivity index (χ4v) is 2.00. The first-order chi connectivity index (χ1) is 9.19. The van der Waals surface area contributed by atoms with Gasteiger partial charge in [-0.25, -0.2) is 4.39 Å². The van der Waals surface area contributed by atoms with Crippen LogP contribution < -0.4 is 5.32 Å². The summed E-state index contributed by atoms with van der Waals surface area (Å²) in [7, 11) is 0. The Hall–Kier alpha value is -1.71. The van der Waals surface area contributed by atoms with Gasteiger partial charge in [0.15, 0.2) is 0 Å². The molecule has 0 saturated carbocycles. The molecule has 100 valence electrons. The molecular weight excluding hydrogens is 241 g/mol. The molecule has 0 radical (unpaired) electrons. The Kier molecular flexibility index (Phi) is 4.66. The molecule has 0 aromatic heterocycles. The van der Waals surface area contributed by atoms with Crippen LogP contribution in [-0.2, 0) is 13.2 Å². The van der Waals surface area contributed by atoms with Gasteiger partial charge in [0.25, 0.3) is 0 Å². The molecule has 0 amide bonds. The molecule has 19 heavy (non-hydrogen) atoms. The highest BCUT2D eigenvalue weighted by Gasteiger charge is 2.05. The quantitative estimate of drug-likeness (QED) is 0.864. The first kappa shape index (κ1) is 13.7. The Balaban J connectivity index is 1.98. The number of hydrogen-bond donors (Lipinski definition) is 2. The SMILES string of the molecule is CC(NCc1cccc(CO)c1)c1cccc(F)c1. The van der Waals surface area contributed by atoms with Gasteiger partial charge in [0, 0.05) is 12.6 Å². The summed E-state index contributed by atoms with van der Waals surface area (Å²) < 4.78 is 13.1. The van der Waals surface area contributed by atoms with Crippen LogP contribution >= 0.6 is 0 Å². The van der Waals surface area contributed by atoms with Crippen molar-refractivity contribution in [3.05, 3.63) is 71.0 Å². The lowest BCUT2D eigenvalue weighted by Gasteiger charge is -2.14. The van der Waals surface area contributed by atoms with E-state index in [2.05, 4.69) is 5.32 Å². The Morgan fingerprint density at radius 2 is 1.84 bits per heavy atom. The van der Waals surface area contributed by atoms with Gasteiger partial charge in [0.2, 0.25) is 0 Å². The van der Waals surface area contributed by atoms with Gasteiger partial charge < -0.3 is 10.4 Å². The number of aliphatic hydroxyl groups is 1. The van der Waals surface area contributed by atoms with Crippen molar-refractivity contribution in [2.45, 2.75) is 26.1 Å². The first-order valence-electron chi connectivity index (χ1n) is 6.36. The lowest BCUT2D eigenvalue weighted by atomic mass is 10.1. The minimum Gasteiger partial charge on any atom is -0.392 e. The van der Waals surface area contributed by atoms with Gasteiger partial charge in [-0.1, -0.05) is 36.4 Å². The van der Waals surface area contributed by atoms with Crippen LogP contribution in [0.5, 0.6) is 0 Å². The number of rotatable bonds is 5. The summed E-state index contributed by atoms with van der Waals surface area (Å²) in [5.41, 5.74) is 2.94. The highest BCUT2D eigenvalue weighted by atomic mass is 19.1. The van der Waals surface area contributed by atoms with Crippen LogP contribution in [-0.4, -0.2) is 5.11 Å². The summed E-state index contributed by atoms with van der Waals surface area (Å²) >= 11 is 0. The van der Waals surface area contributed by atoms with Crippen LogP contribution in [0.3, 0.4) is 0 Å². The van der Waals surface area contributed by atoms with Crippen molar-refractivity contribution in [2.24, 2.45) is 0 Å². The normalized spacial score (nSPS) is 12.4. The lowest BCUT2D eigenvalue weighted by molar-refractivity contribution is 0.281. The fraction of sp³-hybridized carbons (Fsp3) is 0.250. The maximum Gasteiger partial charge on any atom is 0.123 e. The molecule has 2 rings (SSSR count). The zero-order valence-corrected chi connectivity index (χ0v) is 10.9. The molecule has 1 unspecified atom stereocenters. The molecule has 0 heterocycles. The molecule has 0 aliphatic rings. The maximum absolute atomic E-state index is 13.1. The largest absolute Gasteiger partial charge is 0.392 e. The number of halogens is 1. The summed E-state index contributed by atoms with van der Waals surface area (Å²) in [5, 5.41) is 12.4. The lowest BCUT2D eigenvalue weighted by Crippen LogP contribution is -2.18. The molecule has 0 aliphatic heterocycles. The van der Waals surface area contributed by atoms with E-state index in [-0.39, 0.29) is 18.5 Å². The number of benzene rings is 2. The predicted octanol–water partition coefficient (Wildman–Crippen LogP) is 3.17. The second-order valence-corrected chi connectivity index (χ2v) is 4.64. The second-order valence-electron chi connectivity index (χ2n) is 4.64. The number of nitrogens with one attached hydrogen (secondary N) is 1. The average Bonchev–Trinajstić information content (AvgIpc) is 2.45. The Morgan fingerprint density at radius 1 is 1.11 bits per heavy atom. The Labute approximate surface area is 112 Å². The topological polar surface area (TPSA) is 32.3 Å². The van der Waals surface area contributed by atoms with Crippen LogP contribution in [0, 0.1) is 5.82 Å². The van der Waals surface area contributed by atoms with Gasteiger partial charge in [0.1, 0.15) is 5.82 Å². The summed E-state index contributed by atoms with van der Waals surface area (Å²) in [4.78, 5) is 0. The van der Waals surface area contributed by atoms with E-state index < -0.39 is 0 Å². The minimum atomic E-state index is -0.214. The number of aliphatic hydroxyl groups excluding tert-OH is 1. The highest BCUT2D eigenvalue weighted by Crippen LogP contribution is 2.14. The van der Waals surface area contributed by atoms with Crippen LogP contribution in [0.25, 0.3) is 0 Å². The van der Waals surface area contributed by atoms with E-state index in [1.807, 2.05) is 37.3 Å². The molecule has 0 aliphatic carbocycles. The van der Waals surface area contributed by atoms with Crippen molar-refractivity contribution in [2.75, 3.05) is 0 Å². The third-order valence-electron chi connectivity index (χ3n) is 3.14. The molecule has 3 heteroatoms. The zero-order chi connectivity index (χ0) is 13.7.